The molecule has 0 saturated carbocycles. The molecule has 0 fully saturated rings. The van der Waals surface area contributed by atoms with E-state index in [1.165, 1.54) is 6.26 Å². The van der Waals surface area contributed by atoms with E-state index in [4.69, 9.17) is 15.0 Å². The van der Waals surface area contributed by atoms with Crippen molar-refractivity contribution in [1.82, 2.24) is 15.5 Å². The van der Waals surface area contributed by atoms with E-state index in [0.717, 1.165) is 5.56 Å². The van der Waals surface area contributed by atoms with Gasteiger partial charge in [-0.1, -0.05) is 5.16 Å². The van der Waals surface area contributed by atoms with E-state index in [2.05, 4.69) is 15.5 Å². The minimum Gasteiger partial charge on any atom is -0.495 e. The Labute approximate surface area is 128 Å². The number of carbonyl (C=O) groups is 1. The molecule has 118 valence electrons. The van der Waals surface area contributed by atoms with Crippen molar-refractivity contribution in [1.29, 1.82) is 0 Å². The van der Waals surface area contributed by atoms with Gasteiger partial charge in [-0.05, 0) is 26.8 Å². The lowest BCUT2D eigenvalue weighted by atomic mass is 9.98. The number of ether oxygens (including phenoxy) is 1. The number of nitrogens with two attached hydrogens (primary N) is 1. The summed E-state index contributed by atoms with van der Waals surface area (Å²) in [5.74, 6) is 0.307. The van der Waals surface area contributed by atoms with Crippen molar-refractivity contribution in [3.8, 4) is 5.75 Å². The van der Waals surface area contributed by atoms with Crippen LogP contribution in [-0.4, -0.2) is 23.2 Å². The lowest BCUT2D eigenvalue weighted by Gasteiger charge is -2.19. The minimum absolute atomic E-state index is 0.269. The summed E-state index contributed by atoms with van der Waals surface area (Å²) in [6, 6.07) is 1.53. The van der Waals surface area contributed by atoms with Gasteiger partial charge in [-0.15, -0.1) is 0 Å². The van der Waals surface area contributed by atoms with Crippen molar-refractivity contribution >= 4 is 5.91 Å². The van der Waals surface area contributed by atoms with Gasteiger partial charge in [0.15, 0.2) is 0 Å². The van der Waals surface area contributed by atoms with E-state index < -0.39 is 5.54 Å². The number of rotatable bonds is 5. The number of pyridine rings is 1. The van der Waals surface area contributed by atoms with Crippen LogP contribution in [0.2, 0.25) is 0 Å². The molecule has 22 heavy (non-hydrogen) atoms. The van der Waals surface area contributed by atoms with Gasteiger partial charge in [-0.3, -0.25) is 9.78 Å². The van der Waals surface area contributed by atoms with Crippen LogP contribution in [0.5, 0.6) is 5.75 Å². The summed E-state index contributed by atoms with van der Waals surface area (Å²) < 4.78 is 10.2. The molecule has 1 atom stereocenters. The first kappa shape index (κ1) is 16.0. The van der Waals surface area contributed by atoms with Crippen LogP contribution in [-0.2, 0) is 5.54 Å². The van der Waals surface area contributed by atoms with Gasteiger partial charge in [0.05, 0.1) is 24.9 Å². The van der Waals surface area contributed by atoms with Crippen molar-refractivity contribution in [2.75, 3.05) is 7.11 Å². The van der Waals surface area contributed by atoms with Gasteiger partial charge in [0.1, 0.15) is 23.3 Å². The van der Waals surface area contributed by atoms with Crippen molar-refractivity contribution in [2.24, 2.45) is 5.73 Å². The Hall–Kier alpha value is -2.41. The number of amides is 1. The lowest BCUT2D eigenvalue weighted by molar-refractivity contribution is 0.0936. The number of nitrogens with one attached hydrogen (secondary N) is 1. The fourth-order valence-corrected chi connectivity index (χ4v) is 2.13. The second-order valence-corrected chi connectivity index (χ2v) is 5.61. The normalized spacial score (nSPS) is 12.8. The van der Waals surface area contributed by atoms with Gasteiger partial charge < -0.3 is 20.3 Å². The topological polar surface area (TPSA) is 103 Å². The fourth-order valence-electron chi connectivity index (χ4n) is 2.13. The third kappa shape index (κ3) is 3.25. The Morgan fingerprint density at radius 1 is 1.50 bits per heavy atom. The SMILES string of the molecule is COc1cnccc1C(C)NC(=O)c1conc1C(C)(C)N. The van der Waals surface area contributed by atoms with Crippen LogP contribution in [0.3, 0.4) is 0 Å². The van der Waals surface area contributed by atoms with Gasteiger partial charge in [0, 0.05) is 11.8 Å². The number of nitrogens with zero attached hydrogens (tertiary/aromatic N) is 2. The summed E-state index contributed by atoms with van der Waals surface area (Å²) in [7, 11) is 1.56. The van der Waals surface area contributed by atoms with E-state index in [0.29, 0.717) is 17.0 Å². The third-order valence-electron chi connectivity index (χ3n) is 3.28. The lowest BCUT2D eigenvalue weighted by Crippen LogP contribution is -2.34. The first-order valence-corrected chi connectivity index (χ1v) is 6.87. The smallest absolute Gasteiger partial charge is 0.257 e. The number of hydrogen-bond donors (Lipinski definition) is 2. The molecule has 0 aliphatic carbocycles. The third-order valence-corrected chi connectivity index (χ3v) is 3.28. The summed E-state index contributed by atoms with van der Waals surface area (Å²) in [4.78, 5) is 16.4. The first-order chi connectivity index (χ1) is 10.3. The highest BCUT2D eigenvalue weighted by Crippen LogP contribution is 2.25. The molecular weight excluding hydrogens is 284 g/mol. The second kappa shape index (κ2) is 6.15. The van der Waals surface area contributed by atoms with Crippen LogP contribution in [0, 0.1) is 0 Å². The molecule has 2 rings (SSSR count). The standard InChI is InChI=1S/C15H20N4O3/c1-9(10-5-6-17-7-12(10)21-4)18-14(20)11-8-22-19-13(11)15(2,3)16/h5-9H,16H2,1-4H3,(H,18,20). The Kier molecular flexibility index (Phi) is 4.46. The molecule has 1 amide bonds. The highest BCUT2D eigenvalue weighted by Gasteiger charge is 2.27. The van der Waals surface area contributed by atoms with Gasteiger partial charge >= 0.3 is 0 Å². The molecule has 7 nitrogen and oxygen atoms in total. The molecule has 0 aromatic carbocycles. The van der Waals surface area contributed by atoms with Crippen LogP contribution in [0.1, 0.15) is 48.4 Å². The summed E-state index contributed by atoms with van der Waals surface area (Å²) in [5, 5.41) is 6.71. The van der Waals surface area contributed by atoms with Crippen molar-refractivity contribution in [2.45, 2.75) is 32.4 Å². The maximum absolute atomic E-state index is 12.4. The first-order valence-electron chi connectivity index (χ1n) is 6.87. The Morgan fingerprint density at radius 2 is 2.23 bits per heavy atom. The average Bonchev–Trinajstić information content (AvgIpc) is 2.96. The zero-order valence-electron chi connectivity index (χ0n) is 13.1. The highest BCUT2D eigenvalue weighted by atomic mass is 16.5. The molecule has 0 saturated heterocycles. The summed E-state index contributed by atoms with van der Waals surface area (Å²) in [6.45, 7) is 5.38. The number of aromatic nitrogens is 2. The van der Waals surface area contributed by atoms with Crippen LogP contribution < -0.4 is 15.8 Å². The molecular formula is C15H20N4O3. The predicted molar refractivity (Wildman–Crippen MR) is 80.4 cm³/mol. The highest BCUT2D eigenvalue weighted by molar-refractivity contribution is 5.95. The van der Waals surface area contributed by atoms with E-state index in [1.807, 2.05) is 6.92 Å². The Balaban J connectivity index is 2.21. The zero-order valence-corrected chi connectivity index (χ0v) is 13.1. The monoisotopic (exact) mass is 304 g/mol. The van der Waals surface area contributed by atoms with Crippen molar-refractivity contribution in [3.63, 3.8) is 0 Å². The summed E-state index contributed by atoms with van der Waals surface area (Å²) >= 11 is 0. The maximum atomic E-state index is 12.4. The largest absolute Gasteiger partial charge is 0.495 e. The molecule has 0 radical (unpaired) electrons. The minimum atomic E-state index is -0.767. The van der Waals surface area contributed by atoms with E-state index >= 15 is 0 Å². The Bertz CT molecular complexity index is 661. The number of carbonyl (C=O) groups excluding carboxylic acids is 1. The van der Waals surface area contributed by atoms with E-state index in [9.17, 15) is 4.79 Å². The number of hydrogen-bond acceptors (Lipinski definition) is 6. The molecule has 3 N–H and O–H groups in total. The molecule has 1 unspecified atom stereocenters. The van der Waals surface area contributed by atoms with Crippen LogP contribution in [0.25, 0.3) is 0 Å². The Morgan fingerprint density at radius 3 is 2.86 bits per heavy atom. The molecule has 2 heterocycles. The van der Waals surface area contributed by atoms with Gasteiger partial charge in [0.25, 0.3) is 5.91 Å². The number of methoxy groups -OCH3 is 1. The molecule has 2 aromatic heterocycles. The molecule has 0 spiro atoms. The predicted octanol–water partition coefficient (Wildman–Crippen LogP) is 1.76. The van der Waals surface area contributed by atoms with Gasteiger partial charge in [-0.25, -0.2) is 0 Å². The quantitative estimate of drug-likeness (QED) is 0.872. The average molecular weight is 304 g/mol. The molecule has 7 heteroatoms. The van der Waals surface area contributed by atoms with Crippen molar-refractivity contribution < 1.29 is 14.1 Å². The van der Waals surface area contributed by atoms with Crippen LogP contribution in [0.15, 0.2) is 29.2 Å². The molecule has 2 aromatic rings. The molecule has 0 aliphatic heterocycles. The van der Waals surface area contributed by atoms with Crippen molar-refractivity contribution in [3.05, 3.63) is 41.5 Å². The molecule has 0 aliphatic rings. The van der Waals surface area contributed by atoms with Crippen LogP contribution in [0.4, 0.5) is 0 Å². The van der Waals surface area contributed by atoms with Gasteiger partial charge in [0.2, 0.25) is 0 Å². The summed E-state index contributed by atoms with van der Waals surface area (Å²) in [5.41, 5.74) is 6.80. The molecule has 0 bridgehead atoms. The summed E-state index contributed by atoms with van der Waals surface area (Å²) in [6.07, 6.45) is 4.55. The zero-order chi connectivity index (χ0) is 16.3. The van der Waals surface area contributed by atoms with Gasteiger partial charge in [-0.2, -0.15) is 0 Å². The van der Waals surface area contributed by atoms with E-state index in [1.54, 1.807) is 39.4 Å². The maximum Gasteiger partial charge on any atom is 0.257 e. The second-order valence-electron chi connectivity index (χ2n) is 5.61. The van der Waals surface area contributed by atoms with E-state index in [-0.39, 0.29) is 11.9 Å². The van der Waals surface area contributed by atoms with Crippen LogP contribution >= 0.6 is 0 Å². The fraction of sp³-hybridized carbons (Fsp3) is 0.400.